The molecule has 1 heterocycles. The van der Waals surface area contributed by atoms with Crippen molar-refractivity contribution in [2.24, 2.45) is 5.73 Å². The number of primary amides is 1. The first-order valence-corrected chi connectivity index (χ1v) is 3.11. The van der Waals surface area contributed by atoms with Crippen LogP contribution in [0.1, 0.15) is 5.69 Å². The van der Waals surface area contributed by atoms with Crippen LogP contribution in [0.3, 0.4) is 0 Å². The average molecular weight is 164 g/mol. The van der Waals surface area contributed by atoms with Crippen molar-refractivity contribution >= 4 is 5.91 Å². The molecule has 0 aliphatic rings. The van der Waals surface area contributed by atoms with E-state index in [0.717, 1.165) is 6.20 Å². The van der Waals surface area contributed by atoms with E-state index < -0.39 is 11.7 Å². The first kappa shape index (κ1) is 8.21. The minimum atomic E-state index is -0.735. The first-order chi connectivity index (χ1) is 5.68. The molecule has 0 aromatic carbocycles. The Bertz CT molecular complexity index is 348. The van der Waals surface area contributed by atoms with Gasteiger partial charge in [-0.1, -0.05) is 0 Å². The summed E-state index contributed by atoms with van der Waals surface area (Å²) in [5, 5.41) is 0. The topological polar surface area (TPSA) is 56.0 Å². The molecule has 1 aromatic rings. The third-order valence-electron chi connectivity index (χ3n) is 1.04. The van der Waals surface area contributed by atoms with Gasteiger partial charge in [0.1, 0.15) is 11.5 Å². The zero-order chi connectivity index (χ0) is 8.97. The molecule has 0 spiro atoms. The highest BCUT2D eigenvalue weighted by Gasteiger charge is 1.90. The predicted molar refractivity (Wildman–Crippen MR) is 40.3 cm³/mol. The fourth-order valence-electron chi connectivity index (χ4n) is 0.575. The van der Waals surface area contributed by atoms with E-state index in [-0.39, 0.29) is 0 Å². The van der Waals surface area contributed by atoms with Crippen LogP contribution < -0.4 is 5.73 Å². The van der Waals surface area contributed by atoms with Gasteiger partial charge in [-0.3, -0.25) is 4.79 Å². The third-order valence-corrected chi connectivity index (χ3v) is 1.04. The van der Waals surface area contributed by atoms with E-state index in [1.165, 1.54) is 12.1 Å². The lowest BCUT2D eigenvalue weighted by molar-refractivity contribution is -0.112. The fourth-order valence-corrected chi connectivity index (χ4v) is 0.575. The molecule has 0 radical (unpaired) electrons. The monoisotopic (exact) mass is 164 g/mol. The molecular formula is C8H5FN2O. The summed E-state index contributed by atoms with van der Waals surface area (Å²) in [5.74, 6) is 3.27. The number of carbonyl (C=O) groups is 1. The minimum absolute atomic E-state index is 0.315. The second-order valence-corrected chi connectivity index (χ2v) is 1.98. The second-order valence-electron chi connectivity index (χ2n) is 1.98. The maximum Gasteiger partial charge on any atom is 0.293 e. The highest BCUT2D eigenvalue weighted by Crippen LogP contribution is 1.95. The van der Waals surface area contributed by atoms with Crippen LogP contribution >= 0.6 is 0 Å². The van der Waals surface area contributed by atoms with Gasteiger partial charge in [-0.05, 0) is 18.1 Å². The Morgan fingerprint density at radius 1 is 1.58 bits per heavy atom. The van der Waals surface area contributed by atoms with Crippen molar-refractivity contribution in [2.45, 2.75) is 0 Å². The number of hydrogen-bond acceptors (Lipinski definition) is 2. The van der Waals surface area contributed by atoms with Crippen LogP contribution in [0.5, 0.6) is 0 Å². The fraction of sp³-hybridized carbons (Fsp3) is 0. The van der Waals surface area contributed by atoms with E-state index in [9.17, 15) is 9.18 Å². The third kappa shape index (κ3) is 2.39. The summed E-state index contributed by atoms with van der Waals surface area (Å²) in [6, 6.07) is 2.57. The Morgan fingerprint density at radius 3 is 2.83 bits per heavy atom. The zero-order valence-electron chi connectivity index (χ0n) is 6.04. The van der Waals surface area contributed by atoms with E-state index >= 15 is 0 Å². The van der Waals surface area contributed by atoms with Crippen LogP contribution in [0.25, 0.3) is 0 Å². The summed E-state index contributed by atoms with van der Waals surface area (Å²) in [4.78, 5) is 13.8. The number of amides is 1. The van der Waals surface area contributed by atoms with Gasteiger partial charge in [-0.25, -0.2) is 9.37 Å². The molecule has 0 aliphatic heterocycles. The van der Waals surface area contributed by atoms with Crippen molar-refractivity contribution in [3.8, 4) is 11.8 Å². The quantitative estimate of drug-likeness (QED) is 0.551. The Balaban J connectivity index is 2.86. The van der Waals surface area contributed by atoms with Crippen molar-refractivity contribution in [1.29, 1.82) is 0 Å². The Hall–Kier alpha value is -1.89. The number of rotatable bonds is 0. The first-order valence-electron chi connectivity index (χ1n) is 3.11. The molecule has 2 N–H and O–H groups in total. The smallest absolute Gasteiger partial charge is 0.293 e. The number of hydrogen-bond donors (Lipinski definition) is 1. The highest BCUT2D eigenvalue weighted by molar-refractivity contribution is 5.92. The number of halogens is 1. The normalized spacial score (nSPS) is 8.42. The maximum absolute atomic E-state index is 12.3. The van der Waals surface area contributed by atoms with Gasteiger partial charge < -0.3 is 5.73 Å². The lowest BCUT2D eigenvalue weighted by Crippen LogP contribution is -2.06. The molecule has 12 heavy (non-hydrogen) atoms. The summed E-state index contributed by atoms with van der Waals surface area (Å²) >= 11 is 0. The maximum atomic E-state index is 12.3. The van der Waals surface area contributed by atoms with Crippen molar-refractivity contribution < 1.29 is 9.18 Å². The van der Waals surface area contributed by atoms with Crippen molar-refractivity contribution in [1.82, 2.24) is 4.98 Å². The van der Waals surface area contributed by atoms with Gasteiger partial charge in [0.15, 0.2) is 0 Å². The Kier molecular flexibility index (Phi) is 2.38. The molecule has 0 fully saturated rings. The van der Waals surface area contributed by atoms with Gasteiger partial charge in [-0.15, -0.1) is 0 Å². The molecule has 3 nitrogen and oxygen atoms in total. The van der Waals surface area contributed by atoms with Crippen molar-refractivity contribution in [3.05, 3.63) is 29.8 Å². The standard InChI is InChI=1S/C8H5FN2O/c9-6-1-2-7(11-5-6)3-4-8(10)12/h1-2,5H,(H2,10,12). The minimum Gasteiger partial charge on any atom is -0.359 e. The number of carbonyl (C=O) groups excluding carboxylic acids is 1. The van der Waals surface area contributed by atoms with E-state index in [2.05, 4.69) is 16.8 Å². The van der Waals surface area contributed by atoms with Crippen LogP contribution in [-0.2, 0) is 4.79 Å². The second kappa shape index (κ2) is 3.49. The molecule has 0 aliphatic carbocycles. The van der Waals surface area contributed by atoms with E-state index in [4.69, 9.17) is 5.73 Å². The molecule has 1 amide bonds. The predicted octanol–water partition coefficient (Wildman–Crippen LogP) is 0.0575. The largest absolute Gasteiger partial charge is 0.359 e. The van der Waals surface area contributed by atoms with Crippen LogP contribution in [0, 0.1) is 17.7 Å². The average Bonchev–Trinajstić information content (AvgIpc) is 2.03. The molecule has 4 heteroatoms. The Morgan fingerprint density at radius 2 is 2.33 bits per heavy atom. The molecule has 1 aromatic heterocycles. The lowest BCUT2D eigenvalue weighted by Gasteiger charge is -1.87. The van der Waals surface area contributed by atoms with Crippen LogP contribution in [0.15, 0.2) is 18.3 Å². The molecule has 0 saturated carbocycles. The summed E-state index contributed by atoms with van der Waals surface area (Å²) < 4.78 is 12.3. The van der Waals surface area contributed by atoms with Gasteiger partial charge in [0.2, 0.25) is 0 Å². The van der Waals surface area contributed by atoms with E-state index in [1.807, 2.05) is 0 Å². The number of nitrogens with zero attached hydrogens (tertiary/aromatic N) is 1. The summed E-state index contributed by atoms with van der Waals surface area (Å²) in [5.41, 5.74) is 5.07. The van der Waals surface area contributed by atoms with Crippen LogP contribution in [0.4, 0.5) is 4.39 Å². The molecule has 0 unspecified atom stereocenters. The summed E-state index contributed by atoms with van der Waals surface area (Å²) in [6.07, 6.45) is 1.02. The van der Waals surface area contributed by atoms with Crippen LogP contribution in [-0.4, -0.2) is 10.9 Å². The molecule has 0 bridgehead atoms. The number of aromatic nitrogens is 1. The highest BCUT2D eigenvalue weighted by atomic mass is 19.1. The number of pyridine rings is 1. The SMILES string of the molecule is NC(=O)C#Cc1ccc(F)cn1. The molecule has 1 rings (SSSR count). The van der Waals surface area contributed by atoms with Gasteiger partial charge in [0.05, 0.1) is 6.20 Å². The Labute approximate surface area is 68.4 Å². The van der Waals surface area contributed by atoms with Gasteiger partial charge in [0, 0.05) is 5.92 Å². The molecule has 60 valence electrons. The zero-order valence-corrected chi connectivity index (χ0v) is 6.04. The van der Waals surface area contributed by atoms with E-state index in [0.29, 0.717) is 5.69 Å². The lowest BCUT2D eigenvalue weighted by atomic mass is 10.3. The van der Waals surface area contributed by atoms with Crippen molar-refractivity contribution in [3.63, 3.8) is 0 Å². The van der Waals surface area contributed by atoms with Gasteiger partial charge in [-0.2, -0.15) is 0 Å². The van der Waals surface area contributed by atoms with Gasteiger partial charge >= 0.3 is 0 Å². The van der Waals surface area contributed by atoms with Gasteiger partial charge in [0.25, 0.3) is 5.91 Å². The van der Waals surface area contributed by atoms with Crippen LogP contribution in [0.2, 0.25) is 0 Å². The molecule has 0 atom stereocenters. The van der Waals surface area contributed by atoms with Crippen molar-refractivity contribution in [2.75, 3.05) is 0 Å². The summed E-state index contributed by atoms with van der Waals surface area (Å²) in [6.45, 7) is 0. The summed E-state index contributed by atoms with van der Waals surface area (Å²) in [7, 11) is 0. The van der Waals surface area contributed by atoms with E-state index in [1.54, 1.807) is 0 Å². The number of nitrogens with two attached hydrogens (primary N) is 1. The molecular weight excluding hydrogens is 159 g/mol. The molecule has 0 saturated heterocycles.